The number of likely N-dealkylation sites (N-methyl/N-ethyl adjacent to an activating group) is 1. The van der Waals surface area contributed by atoms with Crippen molar-refractivity contribution < 1.29 is 19.5 Å². The molecule has 0 saturated heterocycles. The molecule has 3 N–H and O–H groups in total. The molecule has 1 aromatic carbocycles. The van der Waals surface area contributed by atoms with Crippen LogP contribution in [0.1, 0.15) is 10.4 Å². The minimum absolute atomic E-state index is 0.124. The van der Waals surface area contributed by atoms with Crippen molar-refractivity contribution in [2.75, 3.05) is 20.1 Å². The van der Waals surface area contributed by atoms with E-state index in [-0.39, 0.29) is 13.1 Å². The minimum Gasteiger partial charge on any atom is -0.480 e. The summed E-state index contributed by atoms with van der Waals surface area (Å²) >= 11 is 0. The van der Waals surface area contributed by atoms with Crippen molar-refractivity contribution in [1.82, 2.24) is 15.8 Å². The number of aliphatic carboxylic acids is 1. The molecule has 0 aliphatic rings. The third-order valence-corrected chi connectivity index (χ3v) is 2.17. The van der Waals surface area contributed by atoms with E-state index >= 15 is 0 Å². The standard InChI is InChI=1S/C12H15N3O4/c1-15(8-11(17)18)7-10(16)13-14-12(19)9-5-3-2-4-6-9/h2-6H,7-8H2,1H3,(H,13,16)(H,14,19)(H,17,18). The third kappa shape index (κ3) is 5.64. The SMILES string of the molecule is CN(CC(=O)O)CC(=O)NNC(=O)c1ccccc1. The fraction of sp³-hybridized carbons (Fsp3) is 0.250. The zero-order valence-corrected chi connectivity index (χ0v) is 10.4. The highest BCUT2D eigenvalue weighted by molar-refractivity contribution is 5.95. The van der Waals surface area contributed by atoms with Gasteiger partial charge in [-0.15, -0.1) is 0 Å². The Morgan fingerprint density at radius 2 is 1.74 bits per heavy atom. The summed E-state index contributed by atoms with van der Waals surface area (Å²) in [6.07, 6.45) is 0. The average molecular weight is 265 g/mol. The lowest BCUT2D eigenvalue weighted by molar-refractivity contribution is -0.138. The number of hydrogen-bond donors (Lipinski definition) is 3. The van der Waals surface area contributed by atoms with Gasteiger partial charge >= 0.3 is 5.97 Å². The summed E-state index contributed by atoms with van der Waals surface area (Å²) in [7, 11) is 1.49. The van der Waals surface area contributed by atoms with E-state index < -0.39 is 17.8 Å². The number of benzene rings is 1. The molecule has 0 spiro atoms. The van der Waals surface area contributed by atoms with E-state index in [0.717, 1.165) is 0 Å². The first-order valence-electron chi connectivity index (χ1n) is 5.53. The molecule has 0 unspecified atom stereocenters. The highest BCUT2D eigenvalue weighted by Crippen LogP contribution is 1.96. The lowest BCUT2D eigenvalue weighted by Gasteiger charge is -2.13. The van der Waals surface area contributed by atoms with Crippen molar-refractivity contribution >= 4 is 17.8 Å². The number of rotatable bonds is 5. The van der Waals surface area contributed by atoms with Crippen LogP contribution in [0.5, 0.6) is 0 Å². The number of carbonyl (C=O) groups excluding carboxylic acids is 2. The van der Waals surface area contributed by atoms with Crippen LogP contribution in [-0.2, 0) is 9.59 Å². The Morgan fingerprint density at radius 3 is 2.32 bits per heavy atom. The van der Waals surface area contributed by atoms with E-state index in [2.05, 4.69) is 10.9 Å². The first-order valence-corrected chi connectivity index (χ1v) is 5.53. The van der Waals surface area contributed by atoms with Gasteiger partial charge in [0.1, 0.15) is 0 Å². The van der Waals surface area contributed by atoms with Gasteiger partial charge in [0.05, 0.1) is 13.1 Å². The van der Waals surface area contributed by atoms with Crippen molar-refractivity contribution in [1.29, 1.82) is 0 Å². The summed E-state index contributed by atoms with van der Waals surface area (Å²) in [6.45, 7) is -0.374. The number of hydrogen-bond acceptors (Lipinski definition) is 4. The Morgan fingerprint density at radius 1 is 1.11 bits per heavy atom. The molecule has 0 radical (unpaired) electrons. The quantitative estimate of drug-likeness (QED) is 0.621. The summed E-state index contributed by atoms with van der Waals surface area (Å²) in [4.78, 5) is 34.7. The van der Waals surface area contributed by atoms with Crippen molar-refractivity contribution in [3.05, 3.63) is 35.9 Å². The van der Waals surface area contributed by atoms with Crippen LogP contribution in [0.3, 0.4) is 0 Å². The highest BCUT2D eigenvalue weighted by atomic mass is 16.4. The van der Waals surface area contributed by atoms with E-state index in [1.807, 2.05) is 0 Å². The fourth-order valence-electron chi connectivity index (χ4n) is 1.36. The van der Waals surface area contributed by atoms with E-state index in [0.29, 0.717) is 5.56 Å². The Kier molecular flexibility index (Phi) is 5.49. The Hall–Kier alpha value is -2.41. The highest BCUT2D eigenvalue weighted by Gasteiger charge is 2.10. The van der Waals surface area contributed by atoms with E-state index in [4.69, 9.17) is 5.11 Å². The third-order valence-electron chi connectivity index (χ3n) is 2.17. The zero-order chi connectivity index (χ0) is 14.3. The summed E-state index contributed by atoms with van der Waals surface area (Å²) in [5, 5.41) is 8.52. The van der Waals surface area contributed by atoms with E-state index in [9.17, 15) is 14.4 Å². The molecule has 0 bridgehead atoms. The van der Waals surface area contributed by atoms with Crippen molar-refractivity contribution in [2.24, 2.45) is 0 Å². The van der Waals surface area contributed by atoms with Gasteiger partial charge in [0.25, 0.3) is 11.8 Å². The molecule has 0 fully saturated rings. The zero-order valence-electron chi connectivity index (χ0n) is 10.4. The molecule has 0 atom stereocenters. The molecule has 0 aromatic heterocycles. The molecule has 0 aliphatic carbocycles. The maximum atomic E-state index is 11.6. The van der Waals surface area contributed by atoms with Crippen LogP contribution in [0, 0.1) is 0 Å². The summed E-state index contributed by atoms with van der Waals surface area (Å²) in [5.74, 6) is -1.95. The van der Waals surface area contributed by atoms with Crippen LogP contribution < -0.4 is 10.9 Å². The Bertz CT molecular complexity index is 461. The van der Waals surface area contributed by atoms with Gasteiger partial charge in [0.15, 0.2) is 0 Å². The van der Waals surface area contributed by atoms with Crippen LogP contribution in [0.15, 0.2) is 30.3 Å². The van der Waals surface area contributed by atoms with Gasteiger partial charge in [-0.1, -0.05) is 18.2 Å². The van der Waals surface area contributed by atoms with Crippen molar-refractivity contribution in [2.45, 2.75) is 0 Å². The predicted octanol–water partition coefficient (Wildman–Crippen LogP) is -0.536. The molecule has 1 aromatic rings. The van der Waals surface area contributed by atoms with Crippen LogP contribution in [-0.4, -0.2) is 47.9 Å². The predicted molar refractivity (Wildman–Crippen MR) is 67.2 cm³/mol. The molecule has 7 heteroatoms. The molecule has 102 valence electrons. The van der Waals surface area contributed by atoms with Gasteiger partial charge in [-0.2, -0.15) is 0 Å². The maximum Gasteiger partial charge on any atom is 0.317 e. The number of carboxylic acids is 1. The van der Waals surface area contributed by atoms with E-state index in [1.54, 1.807) is 30.3 Å². The van der Waals surface area contributed by atoms with Gasteiger partial charge in [-0.25, -0.2) is 0 Å². The second-order valence-corrected chi connectivity index (χ2v) is 3.93. The van der Waals surface area contributed by atoms with Crippen LogP contribution >= 0.6 is 0 Å². The largest absolute Gasteiger partial charge is 0.480 e. The molecule has 1 rings (SSSR count). The number of amides is 2. The smallest absolute Gasteiger partial charge is 0.317 e. The van der Waals surface area contributed by atoms with Gasteiger partial charge in [0.2, 0.25) is 0 Å². The lowest BCUT2D eigenvalue weighted by Crippen LogP contribution is -2.46. The van der Waals surface area contributed by atoms with Crippen LogP contribution in [0.2, 0.25) is 0 Å². The molecule has 0 saturated carbocycles. The van der Waals surface area contributed by atoms with Crippen molar-refractivity contribution in [3.63, 3.8) is 0 Å². The lowest BCUT2D eigenvalue weighted by atomic mass is 10.2. The second-order valence-electron chi connectivity index (χ2n) is 3.93. The number of nitrogens with zero attached hydrogens (tertiary/aromatic N) is 1. The Balaban J connectivity index is 2.34. The summed E-state index contributed by atoms with van der Waals surface area (Å²) in [6, 6.07) is 8.40. The number of nitrogens with one attached hydrogen (secondary N) is 2. The molecular formula is C12H15N3O4. The Labute approximate surface area is 110 Å². The molecule has 19 heavy (non-hydrogen) atoms. The van der Waals surface area contributed by atoms with Crippen LogP contribution in [0.25, 0.3) is 0 Å². The topological polar surface area (TPSA) is 98.7 Å². The molecule has 2 amide bonds. The normalized spacial score (nSPS) is 10.0. The van der Waals surface area contributed by atoms with Gasteiger partial charge in [-0.05, 0) is 19.2 Å². The number of carbonyl (C=O) groups is 3. The molecular weight excluding hydrogens is 250 g/mol. The molecule has 0 heterocycles. The minimum atomic E-state index is -1.02. The first-order chi connectivity index (χ1) is 8.99. The maximum absolute atomic E-state index is 11.6. The second kappa shape index (κ2) is 7.12. The monoisotopic (exact) mass is 265 g/mol. The van der Waals surface area contributed by atoms with Crippen molar-refractivity contribution in [3.8, 4) is 0 Å². The van der Waals surface area contributed by atoms with Gasteiger partial charge < -0.3 is 5.11 Å². The summed E-state index contributed by atoms with van der Waals surface area (Å²) in [5.41, 5.74) is 4.88. The number of hydrazine groups is 1. The van der Waals surface area contributed by atoms with Crippen LogP contribution in [0.4, 0.5) is 0 Å². The molecule has 7 nitrogen and oxygen atoms in total. The average Bonchev–Trinajstić information content (AvgIpc) is 2.36. The van der Waals surface area contributed by atoms with Gasteiger partial charge in [-0.3, -0.25) is 30.1 Å². The fourth-order valence-corrected chi connectivity index (χ4v) is 1.36. The number of carboxylic acid groups (broad SMARTS) is 1. The van der Waals surface area contributed by atoms with E-state index in [1.165, 1.54) is 11.9 Å². The molecule has 0 aliphatic heterocycles. The van der Waals surface area contributed by atoms with Gasteiger partial charge in [0, 0.05) is 5.56 Å². The summed E-state index contributed by atoms with van der Waals surface area (Å²) < 4.78 is 0. The first kappa shape index (κ1) is 14.7.